The first-order valence-electron chi connectivity index (χ1n) is 9.93. The summed E-state index contributed by atoms with van der Waals surface area (Å²) in [7, 11) is 0. The molecule has 0 spiro atoms. The minimum absolute atomic E-state index is 0.0233. The molecule has 1 amide bonds. The Morgan fingerprint density at radius 1 is 1.22 bits per heavy atom. The maximum Gasteiger partial charge on any atom is 0.235 e. The highest BCUT2D eigenvalue weighted by molar-refractivity contribution is 5.79. The van der Waals surface area contributed by atoms with Gasteiger partial charge in [0, 0.05) is 12.1 Å². The van der Waals surface area contributed by atoms with Crippen LogP contribution in [0.2, 0.25) is 0 Å². The number of nitrogens with one attached hydrogen (secondary N) is 1. The van der Waals surface area contributed by atoms with E-state index in [9.17, 15) is 10.1 Å². The smallest absolute Gasteiger partial charge is 0.235 e. The molecule has 2 aliphatic rings. The fraction of sp³-hybridized carbons (Fsp3) is 0.600. The van der Waals surface area contributed by atoms with Crippen LogP contribution in [0.25, 0.3) is 5.65 Å². The molecule has 0 aromatic carbocycles. The summed E-state index contributed by atoms with van der Waals surface area (Å²) in [4.78, 5) is 14.7. The summed E-state index contributed by atoms with van der Waals surface area (Å²) in [6, 6.07) is 8.29. The van der Waals surface area contributed by atoms with Crippen molar-refractivity contribution in [2.24, 2.45) is 0 Å². The quantitative estimate of drug-likeness (QED) is 0.897. The molecule has 1 aliphatic carbocycles. The number of carbonyl (C=O) groups is 1. The van der Waals surface area contributed by atoms with Crippen LogP contribution in [0.1, 0.15) is 56.7 Å². The SMILES string of the molecule is N#CC1(NC(=O)CN2CCC(c3nnc4ccccn34)CC2)CCCCC1. The number of pyridine rings is 1. The Kier molecular flexibility index (Phi) is 5.08. The van der Waals surface area contributed by atoms with Gasteiger partial charge in [-0.25, -0.2) is 0 Å². The van der Waals surface area contributed by atoms with E-state index >= 15 is 0 Å². The summed E-state index contributed by atoms with van der Waals surface area (Å²) in [5.74, 6) is 1.36. The topological polar surface area (TPSA) is 86.3 Å². The Morgan fingerprint density at radius 3 is 2.74 bits per heavy atom. The lowest BCUT2D eigenvalue weighted by Gasteiger charge is -2.34. The lowest BCUT2D eigenvalue weighted by Crippen LogP contribution is -2.52. The second-order valence-corrected chi connectivity index (χ2v) is 7.84. The number of carbonyl (C=O) groups excluding carboxylic acids is 1. The fourth-order valence-electron chi connectivity index (χ4n) is 4.42. The molecule has 7 heteroatoms. The van der Waals surface area contributed by atoms with E-state index in [-0.39, 0.29) is 5.91 Å². The fourth-order valence-corrected chi connectivity index (χ4v) is 4.42. The predicted molar refractivity (Wildman–Crippen MR) is 101 cm³/mol. The molecule has 2 fully saturated rings. The van der Waals surface area contributed by atoms with Crippen molar-refractivity contribution in [3.8, 4) is 6.07 Å². The van der Waals surface area contributed by atoms with Gasteiger partial charge in [-0.3, -0.25) is 14.1 Å². The van der Waals surface area contributed by atoms with Crippen LogP contribution in [-0.2, 0) is 4.79 Å². The predicted octanol–water partition coefficient (Wildman–Crippen LogP) is 2.25. The zero-order valence-corrected chi connectivity index (χ0v) is 15.6. The number of piperidine rings is 1. The number of aromatic nitrogens is 3. The maximum atomic E-state index is 12.5. The van der Waals surface area contributed by atoms with Crippen molar-refractivity contribution < 1.29 is 4.79 Å². The molecule has 7 nitrogen and oxygen atoms in total. The number of nitriles is 1. The van der Waals surface area contributed by atoms with E-state index in [1.807, 2.05) is 24.4 Å². The summed E-state index contributed by atoms with van der Waals surface area (Å²) >= 11 is 0. The Labute approximate surface area is 159 Å². The van der Waals surface area contributed by atoms with E-state index in [2.05, 4.69) is 30.9 Å². The van der Waals surface area contributed by atoms with Gasteiger partial charge in [-0.1, -0.05) is 25.3 Å². The van der Waals surface area contributed by atoms with Gasteiger partial charge in [0.15, 0.2) is 5.65 Å². The van der Waals surface area contributed by atoms with Gasteiger partial charge >= 0.3 is 0 Å². The van der Waals surface area contributed by atoms with Crippen LogP contribution in [0.4, 0.5) is 0 Å². The summed E-state index contributed by atoms with van der Waals surface area (Å²) < 4.78 is 2.06. The number of hydrogen-bond donors (Lipinski definition) is 1. The van der Waals surface area contributed by atoms with Crippen LogP contribution < -0.4 is 5.32 Å². The number of hydrogen-bond acceptors (Lipinski definition) is 5. The Morgan fingerprint density at radius 2 is 2.00 bits per heavy atom. The van der Waals surface area contributed by atoms with Crippen LogP contribution in [0.3, 0.4) is 0 Å². The third-order valence-corrected chi connectivity index (χ3v) is 5.96. The molecule has 0 atom stereocenters. The highest BCUT2D eigenvalue weighted by Gasteiger charge is 2.34. The number of nitrogens with zero attached hydrogens (tertiary/aromatic N) is 5. The van der Waals surface area contributed by atoms with Crippen LogP contribution in [0, 0.1) is 11.3 Å². The average Bonchev–Trinajstić information content (AvgIpc) is 3.13. The van der Waals surface area contributed by atoms with E-state index < -0.39 is 5.54 Å². The van der Waals surface area contributed by atoms with Gasteiger partial charge in [0.1, 0.15) is 11.4 Å². The zero-order chi connectivity index (χ0) is 18.7. The van der Waals surface area contributed by atoms with Crippen LogP contribution in [-0.4, -0.2) is 50.6 Å². The normalized spacial score (nSPS) is 21.0. The first-order chi connectivity index (χ1) is 13.2. The molecule has 4 rings (SSSR count). The lowest BCUT2D eigenvalue weighted by atomic mass is 9.83. The van der Waals surface area contributed by atoms with Crippen molar-refractivity contribution in [3.63, 3.8) is 0 Å². The minimum Gasteiger partial charge on any atom is -0.337 e. The molecule has 0 bridgehead atoms. The van der Waals surface area contributed by atoms with E-state index in [1.54, 1.807) is 0 Å². The van der Waals surface area contributed by atoms with Gasteiger partial charge in [0.25, 0.3) is 0 Å². The molecule has 1 aliphatic heterocycles. The summed E-state index contributed by atoms with van der Waals surface area (Å²) in [5, 5.41) is 21.2. The largest absolute Gasteiger partial charge is 0.337 e. The van der Waals surface area contributed by atoms with Crippen molar-refractivity contribution in [2.75, 3.05) is 19.6 Å². The molecule has 0 unspecified atom stereocenters. The Bertz CT molecular complexity index is 840. The van der Waals surface area contributed by atoms with Crippen LogP contribution in [0.5, 0.6) is 0 Å². The van der Waals surface area contributed by atoms with Gasteiger partial charge in [-0.2, -0.15) is 5.26 Å². The van der Waals surface area contributed by atoms with Crippen molar-refractivity contribution in [3.05, 3.63) is 30.2 Å². The molecule has 1 saturated heterocycles. The van der Waals surface area contributed by atoms with Crippen LogP contribution in [0.15, 0.2) is 24.4 Å². The van der Waals surface area contributed by atoms with E-state index in [0.717, 1.165) is 69.5 Å². The first-order valence-corrected chi connectivity index (χ1v) is 9.93. The molecular formula is C20H26N6O. The number of likely N-dealkylation sites (tertiary alicyclic amines) is 1. The van der Waals surface area contributed by atoms with Crippen LogP contribution >= 0.6 is 0 Å². The second-order valence-electron chi connectivity index (χ2n) is 7.84. The molecule has 142 valence electrons. The first kappa shape index (κ1) is 17.9. The second kappa shape index (κ2) is 7.65. The van der Waals surface area contributed by atoms with Gasteiger partial charge in [-0.15, -0.1) is 10.2 Å². The highest BCUT2D eigenvalue weighted by Crippen LogP contribution is 2.29. The Balaban J connectivity index is 1.32. The molecule has 3 heterocycles. The number of fused-ring (bicyclic) bond motifs is 1. The maximum absolute atomic E-state index is 12.5. The van der Waals surface area contributed by atoms with Crippen molar-refractivity contribution in [1.82, 2.24) is 24.8 Å². The Hall–Kier alpha value is -2.46. The number of amides is 1. The molecule has 0 radical (unpaired) electrons. The molecular weight excluding hydrogens is 340 g/mol. The zero-order valence-electron chi connectivity index (χ0n) is 15.6. The summed E-state index contributed by atoms with van der Waals surface area (Å²) in [6.07, 6.45) is 8.68. The summed E-state index contributed by atoms with van der Waals surface area (Å²) in [6.45, 7) is 2.09. The minimum atomic E-state index is -0.645. The third-order valence-electron chi connectivity index (χ3n) is 5.96. The lowest BCUT2D eigenvalue weighted by molar-refractivity contribution is -0.124. The van der Waals surface area contributed by atoms with E-state index in [0.29, 0.717) is 12.5 Å². The van der Waals surface area contributed by atoms with Gasteiger partial charge in [-0.05, 0) is 50.9 Å². The molecule has 2 aromatic heterocycles. The standard InChI is InChI=1S/C20H26N6O/c21-15-20(9-3-1-4-10-20)22-18(27)14-25-12-7-16(8-13-25)19-24-23-17-6-2-5-11-26(17)19/h2,5-6,11,16H,1,3-4,7-10,12-14H2,(H,22,27). The van der Waals surface area contributed by atoms with Gasteiger partial charge in [0.05, 0.1) is 12.6 Å². The highest BCUT2D eigenvalue weighted by atomic mass is 16.2. The van der Waals surface area contributed by atoms with Crippen molar-refractivity contribution >= 4 is 11.6 Å². The molecule has 2 aromatic rings. The molecule has 1 N–H and O–H groups in total. The molecule has 1 saturated carbocycles. The monoisotopic (exact) mass is 366 g/mol. The van der Waals surface area contributed by atoms with Crippen molar-refractivity contribution in [1.29, 1.82) is 5.26 Å². The number of rotatable bonds is 4. The summed E-state index contributed by atoms with van der Waals surface area (Å²) in [5.41, 5.74) is 0.234. The van der Waals surface area contributed by atoms with Gasteiger partial charge < -0.3 is 5.32 Å². The van der Waals surface area contributed by atoms with E-state index in [1.165, 1.54) is 0 Å². The third kappa shape index (κ3) is 3.81. The van der Waals surface area contributed by atoms with Gasteiger partial charge in [0.2, 0.25) is 5.91 Å². The average molecular weight is 366 g/mol. The molecule has 27 heavy (non-hydrogen) atoms. The van der Waals surface area contributed by atoms with E-state index in [4.69, 9.17) is 0 Å². The van der Waals surface area contributed by atoms with Crippen molar-refractivity contribution in [2.45, 2.75) is 56.4 Å².